The fraction of sp³-hybridized carbons (Fsp3) is 0.0263. The molecule has 0 atom stereocenters. The normalized spacial score (nSPS) is 13.9. The molecule has 2 heterocycles. The van der Waals surface area contributed by atoms with Crippen molar-refractivity contribution in [3.63, 3.8) is 0 Å². The van der Waals surface area contributed by atoms with Crippen LogP contribution in [0, 0.1) is 0 Å². The molecule has 1 aliphatic heterocycles. The van der Waals surface area contributed by atoms with Gasteiger partial charge in [-0.05, 0) is 58.0 Å². The molecule has 2 heteroatoms. The van der Waals surface area contributed by atoms with Crippen molar-refractivity contribution < 1.29 is 4.74 Å². The Balaban J connectivity index is 1.35. The van der Waals surface area contributed by atoms with Crippen molar-refractivity contribution >= 4 is 21.7 Å². The lowest BCUT2D eigenvalue weighted by Crippen LogP contribution is -2.32. The Hall–Kier alpha value is -5.21. The Morgan fingerprint density at radius 3 is 1.93 bits per heavy atom. The standard InChI is InChI=1S/C38H23NO/c1-2-10-27-24(9-1)17-18-25-19-21-34(39-37(25)27)26-20-22-36-33(23-26)38(32-15-7-8-16-35(32)40-36)30-13-5-3-11-28(30)29-12-4-6-14-31(29)38/h1-23H. The zero-order chi connectivity index (χ0) is 26.3. The van der Waals surface area contributed by atoms with Crippen molar-refractivity contribution in [2.45, 2.75) is 5.41 Å². The van der Waals surface area contributed by atoms with Gasteiger partial charge in [-0.25, -0.2) is 4.98 Å². The number of fused-ring (bicyclic) bond motifs is 12. The van der Waals surface area contributed by atoms with E-state index in [0.717, 1.165) is 39.2 Å². The molecule has 0 radical (unpaired) electrons. The molecule has 186 valence electrons. The number of ether oxygens (including phenoxy) is 1. The number of nitrogens with zero attached hydrogens (tertiary/aromatic N) is 1. The van der Waals surface area contributed by atoms with Crippen LogP contribution in [-0.4, -0.2) is 4.98 Å². The number of para-hydroxylation sites is 1. The van der Waals surface area contributed by atoms with Crippen molar-refractivity contribution in [1.29, 1.82) is 0 Å². The highest BCUT2D eigenvalue weighted by atomic mass is 16.5. The Kier molecular flexibility index (Phi) is 4.29. The molecule has 0 unspecified atom stereocenters. The van der Waals surface area contributed by atoms with Crippen LogP contribution in [0.15, 0.2) is 140 Å². The molecule has 1 aromatic heterocycles. The molecule has 0 amide bonds. The summed E-state index contributed by atoms with van der Waals surface area (Å²) in [6.07, 6.45) is 0. The van der Waals surface area contributed by atoms with E-state index in [2.05, 4.69) is 140 Å². The van der Waals surface area contributed by atoms with Crippen LogP contribution < -0.4 is 4.74 Å². The first-order valence-corrected chi connectivity index (χ1v) is 13.7. The number of hydrogen-bond acceptors (Lipinski definition) is 2. The lowest BCUT2D eigenvalue weighted by atomic mass is 9.66. The van der Waals surface area contributed by atoms with Crippen molar-refractivity contribution in [3.05, 3.63) is 162 Å². The third-order valence-electron chi connectivity index (χ3n) is 8.73. The van der Waals surface area contributed by atoms with Crippen LogP contribution in [0.4, 0.5) is 0 Å². The van der Waals surface area contributed by atoms with Crippen LogP contribution in [0.1, 0.15) is 22.3 Å². The molecule has 1 spiro atoms. The number of hydrogen-bond donors (Lipinski definition) is 0. The maximum atomic E-state index is 6.59. The van der Waals surface area contributed by atoms with Gasteiger partial charge in [-0.3, -0.25) is 0 Å². The zero-order valence-electron chi connectivity index (χ0n) is 21.6. The second kappa shape index (κ2) is 7.91. The second-order valence-electron chi connectivity index (χ2n) is 10.7. The summed E-state index contributed by atoms with van der Waals surface area (Å²) in [6.45, 7) is 0. The van der Waals surface area contributed by atoms with Crippen LogP contribution in [0.3, 0.4) is 0 Å². The van der Waals surface area contributed by atoms with Crippen LogP contribution in [0.2, 0.25) is 0 Å². The highest BCUT2D eigenvalue weighted by Gasteiger charge is 2.50. The number of benzene rings is 6. The Morgan fingerprint density at radius 1 is 0.475 bits per heavy atom. The van der Waals surface area contributed by atoms with Gasteiger partial charge < -0.3 is 4.74 Å². The van der Waals surface area contributed by atoms with E-state index in [-0.39, 0.29) is 0 Å². The predicted octanol–water partition coefficient (Wildman–Crippen LogP) is 9.52. The fourth-order valence-corrected chi connectivity index (χ4v) is 7.03. The van der Waals surface area contributed by atoms with Gasteiger partial charge in [-0.15, -0.1) is 0 Å². The minimum atomic E-state index is -0.475. The average Bonchev–Trinajstić information content (AvgIpc) is 3.32. The summed E-state index contributed by atoms with van der Waals surface area (Å²) in [5, 5.41) is 3.52. The van der Waals surface area contributed by atoms with Gasteiger partial charge in [0.15, 0.2) is 0 Å². The van der Waals surface area contributed by atoms with Gasteiger partial charge in [0.25, 0.3) is 0 Å². The second-order valence-corrected chi connectivity index (χ2v) is 10.7. The maximum absolute atomic E-state index is 6.59. The molecule has 0 saturated carbocycles. The van der Waals surface area contributed by atoms with E-state index in [4.69, 9.17) is 9.72 Å². The Bertz CT molecular complexity index is 2110. The van der Waals surface area contributed by atoms with Gasteiger partial charge in [0.1, 0.15) is 11.5 Å². The third kappa shape index (κ3) is 2.75. The summed E-state index contributed by atoms with van der Waals surface area (Å²) in [6, 6.07) is 49.9. The fourth-order valence-electron chi connectivity index (χ4n) is 7.03. The van der Waals surface area contributed by atoms with E-state index in [1.165, 1.54) is 38.6 Å². The van der Waals surface area contributed by atoms with Crippen molar-refractivity contribution in [1.82, 2.24) is 4.98 Å². The van der Waals surface area contributed by atoms with Crippen molar-refractivity contribution in [2.75, 3.05) is 0 Å². The monoisotopic (exact) mass is 509 g/mol. The summed E-state index contributed by atoms with van der Waals surface area (Å²) in [4.78, 5) is 5.23. The molecular formula is C38H23NO. The molecular weight excluding hydrogens is 486 g/mol. The summed E-state index contributed by atoms with van der Waals surface area (Å²) >= 11 is 0. The number of rotatable bonds is 1. The minimum absolute atomic E-state index is 0.475. The molecule has 7 aromatic rings. The maximum Gasteiger partial charge on any atom is 0.132 e. The smallest absolute Gasteiger partial charge is 0.132 e. The van der Waals surface area contributed by atoms with Gasteiger partial charge in [-0.1, -0.05) is 109 Å². The Morgan fingerprint density at radius 2 is 1.10 bits per heavy atom. The summed E-state index contributed by atoms with van der Waals surface area (Å²) < 4.78 is 6.59. The minimum Gasteiger partial charge on any atom is -0.457 e. The van der Waals surface area contributed by atoms with Gasteiger partial charge >= 0.3 is 0 Å². The van der Waals surface area contributed by atoms with Gasteiger partial charge in [0, 0.05) is 27.5 Å². The van der Waals surface area contributed by atoms with E-state index in [9.17, 15) is 0 Å². The van der Waals surface area contributed by atoms with Crippen LogP contribution in [0.5, 0.6) is 11.5 Å². The molecule has 0 fully saturated rings. The predicted molar refractivity (Wildman–Crippen MR) is 162 cm³/mol. The first-order valence-electron chi connectivity index (χ1n) is 13.7. The van der Waals surface area contributed by atoms with E-state index in [1.807, 2.05) is 0 Å². The zero-order valence-corrected chi connectivity index (χ0v) is 21.6. The molecule has 0 saturated heterocycles. The molecule has 6 aromatic carbocycles. The molecule has 40 heavy (non-hydrogen) atoms. The average molecular weight is 510 g/mol. The SMILES string of the molecule is c1ccc2c(c1)Oc1ccc(-c3ccc4ccc5ccccc5c4n3)cc1C21c2ccccc2-c2ccccc21. The quantitative estimate of drug-likeness (QED) is 0.206. The first-order chi connectivity index (χ1) is 19.8. The molecule has 2 nitrogen and oxygen atoms in total. The summed E-state index contributed by atoms with van der Waals surface area (Å²) in [7, 11) is 0. The van der Waals surface area contributed by atoms with Crippen LogP contribution in [0.25, 0.3) is 44.1 Å². The van der Waals surface area contributed by atoms with E-state index in [1.54, 1.807) is 0 Å². The summed E-state index contributed by atoms with van der Waals surface area (Å²) in [5.41, 5.74) is 10.1. The molecule has 9 rings (SSSR count). The van der Waals surface area contributed by atoms with Crippen molar-refractivity contribution in [3.8, 4) is 33.9 Å². The van der Waals surface area contributed by atoms with E-state index >= 15 is 0 Å². The highest BCUT2D eigenvalue weighted by Crippen LogP contribution is 2.62. The van der Waals surface area contributed by atoms with Gasteiger partial charge in [-0.2, -0.15) is 0 Å². The van der Waals surface area contributed by atoms with Crippen molar-refractivity contribution in [2.24, 2.45) is 0 Å². The van der Waals surface area contributed by atoms with E-state index in [0.29, 0.717) is 0 Å². The Labute approximate surface area is 232 Å². The molecule has 1 aliphatic carbocycles. The lowest BCUT2D eigenvalue weighted by Gasteiger charge is -2.39. The highest BCUT2D eigenvalue weighted by molar-refractivity contribution is 6.05. The molecule has 0 bridgehead atoms. The summed E-state index contributed by atoms with van der Waals surface area (Å²) in [5.74, 6) is 1.80. The van der Waals surface area contributed by atoms with Gasteiger partial charge in [0.05, 0.1) is 16.6 Å². The largest absolute Gasteiger partial charge is 0.457 e. The topological polar surface area (TPSA) is 22.1 Å². The number of aromatic nitrogens is 1. The van der Waals surface area contributed by atoms with Crippen LogP contribution >= 0.6 is 0 Å². The third-order valence-corrected chi connectivity index (χ3v) is 8.73. The lowest BCUT2D eigenvalue weighted by molar-refractivity contribution is 0.436. The first kappa shape index (κ1) is 21.7. The van der Waals surface area contributed by atoms with E-state index < -0.39 is 5.41 Å². The van der Waals surface area contributed by atoms with Crippen LogP contribution in [-0.2, 0) is 5.41 Å². The van der Waals surface area contributed by atoms with Gasteiger partial charge in [0.2, 0.25) is 0 Å². The molecule has 0 N–H and O–H groups in total. The molecule has 2 aliphatic rings. The number of pyridine rings is 1.